The van der Waals surface area contributed by atoms with Gasteiger partial charge in [-0.15, -0.1) is 24.0 Å². The molecule has 0 amide bonds. The zero-order valence-corrected chi connectivity index (χ0v) is 20.4. The molecule has 0 aromatic heterocycles. The molecule has 2 aliphatic rings. The van der Waals surface area contributed by atoms with Crippen LogP contribution >= 0.6 is 24.0 Å². The summed E-state index contributed by atoms with van der Waals surface area (Å²) in [5, 5.41) is 3.49. The number of benzene rings is 1. The van der Waals surface area contributed by atoms with E-state index in [2.05, 4.69) is 41.1 Å². The Morgan fingerprint density at radius 2 is 1.97 bits per heavy atom. The summed E-state index contributed by atoms with van der Waals surface area (Å²) in [6, 6.07) is 9.02. The molecule has 0 saturated carbocycles. The van der Waals surface area contributed by atoms with Crippen molar-refractivity contribution in [2.75, 3.05) is 59.6 Å². The molecule has 0 spiro atoms. The van der Waals surface area contributed by atoms with Gasteiger partial charge in [0.05, 0.1) is 20.3 Å². The number of morpholine rings is 1. The average Bonchev–Trinajstić information content (AvgIpc) is 3.24. The number of guanidine groups is 1. The summed E-state index contributed by atoms with van der Waals surface area (Å²) in [4.78, 5) is 9.95. The van der Waals surface area contributed by atoms with Crippen molar-refractivity contribution in [2.45, 2.75) is 38.6 Å². The van der Waals surface area contributed by atoms with E-state index >= 15 is 0 Å². The third-order valence-electron chi connectivity index (χ3n) is 5.87. The quantitative estimate of drug-likeness (QED) is 0.343. The summed E-state index contributed by atoms with van der Waals surface area (Å²) >= 11 is 0. The van der Waals surface area contributed by atoms with Crippen molar-refractivity contribution in [1.29, 1.82) is 0 Å². The Kier molecular flexibility index (Phi) is 10.5. The van der Waals surface area contributed by atoms with Crippen molar-refractivity contribution in [2.24, 2.45) is 4.99 Å². The van der Waals surface area contributed by atoms with Crippen molar-refractivity contribution in [3.63, 3.8) is 0 Å². The number of aliphatic imine (C=N–C) groups is 1. The minimum atomic E-state index is 0. The first-order valence-electron chi connectivity index (χ1n) is 10.7. The van der Waals surface area contributed by atoms with E-state index in [1.807, 2.05) is 12.1 Å². The number of nitrogens with zero attached hydrogens (tertiary/aromatic N) is 3. The molecular weight excluding hydrogens is 479 g/mol. The molecule has 2 saturated heterocycles. The molecule has 2 aliphatic heterocycles. The number of halogens is 1. The molecule has 1 aromatic carbocycles. The van der Waals surface area contributed by atoms with Crippen LogP contribution in [0.3, 0.4) is 0 Å². The lowest BCUT2D eigenvalue weighted by Crippen LogP contribution is -2.46. The molecule has 1 N–H and O–H groups in total. The highest BCUT2D eigenvalue weighted by Crippen LogP contribution is 2.22. The predicted molar refractivity (Wildman–Crippen MR) is 130 cm³/mol. The summed E-state index contributed by atoms with van der Waals surface area (Å²) in [5.41, 5.74) is 1.34. The summed E-state index contributed by atoms with van der Waals surface area (Å²) < 4.78 is 10.8. The van der Waals surface area contributed by atoms with Gasteiger partial charge < -0.3 is 19.7 Å². The molecule has 7 heteroatoms. The first kappa shape index (κ1) is 24.2. The number of methoxy groups -OCH3 is 1. The first-order valence-corrected chi connectivity index (χ1v) is 10.7. The van der Waals surface area contributed by atoms with Crippen LogP contribution in [-0.4, -0.2) is 81.4 Å². The van der Waals surface area contributed by atoms with Gasteiger partial charge in [0.2, 0.25) is 0 Å². The largest absolute Gasteiger partial charge is 0.497 e. The molecule has 2 unspecified atom stereocenters. The molecule has 3 rings (SSSR count). The maximum atomic E-state index is 5.50. The second-order valence-corrected chi connectivity index (χ2v) is 7.74. The third kappa shape index (κ3) is 7.00. The maximum Gasteiger partial charge on any atom is 0.193 e. The molecule has 2 fully saturated rings. The molecule has 0 aliphatic carbocycles. The standard InChI is InChI=1S/C22H36N4O2.HI/c1-4-23-22(26-12-10-20(17-26)25-13-15-28-16-14-25)24-11-9-18(2)19-5-7-21(27-3)8-6-19;/h5-8,18,20H,4,9-17H2,1-3H3,(H,23,24);1H. The third-order valence-corrected chi connectivity index (χ3v) is 5.87. The Morgan fingerprint density at radius 1 is 1.24 bits per heavy atom. The highest BCUT2D eigenvalue weighted by molar-refractivity contribution is 14.0. The van der Waals surface area contributed by atoms with Crippen LogP contribution in [0.1, 0.15) is 38.2 Å². The topological polar surface area (TPSA) is 49.3 Å². The number of rotatable bonds is 7. The van der Waals surface area contributed by atoms with Crippen molar-refractivity contribution in [1.82, 2.24) is 15.1 Å². The zero-order chi connectivity index (χ0) is 19.8. The first-order chi connectivity index (χ1) is 13.7. The summed E-state index contributed by atoms with van der Waals surface area (Å²) in [6.07, 6.45) is 2.26. The van der Waals surface area contributed by atoms with Crippen molar-refractivity contribution in [3.8, 4) is 5.75 Å². The Labute approximate surface area is 193 Å². The van der Waals surface area contributed by atoms with Crippen molar-refractivity contribution >= 4 is 29.9 Å². The second kappa shape index (κ2) is 12.6. The average molecular weight is 516 g/mol. The van der Waals surface area contributed by atoms with Gasteiger partial charge in [0, 0.05) is 45.3 Å². The van der Waals surface area contributed by atoms with Crippen LogP contribution in [0.4, 0.5) is 0 Å². The van der Waals surface area contributed by atoms with Gasteiger partial charge in [-0.1, -0.05) is 19.1 Å². The van der Waals surface area contributed by atoms with Gasteiger partial charge in [-0.3, -0.25) is 9.89 Å². The van der Waals surface area contributed by atoms with E-state index in [9.17, 15) is 0 Å². The van der Waals surface area contributed by atoms with E-state index in [4.69, 9.17) is 14.5 Å². The number of nitrogens with one attached hydrogen (secondary N) is 1. The monoisotopic (exact) mass is 516 g/mol. The van der Waals surface area contributed by atoms with E-state index < -0.39 is 0 Å². The van der Waals surface area contributed by atoms with E-state index in [0.717, 1.165) is 70.6 Å². The fourth-order valence-corrected chi connectivity index (χ4v) is 4.06. The van der Waals surface area contributed by atoms with Crippen LogP contribution < -0.4 is 10.1 Å². The Bertz CT molecular complexity index is 620. The smallest absolute Gasteiger partial charge is 0.193 e. The second-order valence-electron chi connectivity index (χ2n) is 7.74. The van der Waals surface area contributed by atoms with E-state index in [-0.39, 0.29) is 24.0 Å². The summed E-state index contributed by atoms with van der Waals surface area (Å²) in [7, 11) is 1.71. The van der Waals surface area contributed by atoms with Crippen LogP contribution in [0.15, 0.2) is 29.3 Å². The van der Waals surface area contributed by atoms with Gasteiger partial charge in [-0.05, 0) is 43.4 Å². The lowest BCUT2D eigenvalue weighted by atomic mass is 9.98. The zero-order valence-electron chi connectivity index (χ0n) is 18.1. The normalized spacial score (nSPS) is 21.6. The number of ether oxygens (including phenoxy) is 2. The molecule has 2 atom stereocenters. The van der Waals surface area contributed by atoms with Crippen LogP contribution in [0.2, 0.25) is 0 Å². The van der Waals surface area contributed by atoms with Crippen molar-refractivity contribution < 1.29 is 9.47 Å². The van der Waals surface area contributed by atoms with E-state index in [1.54, 1.807) is 7.11 Å². The number of hydrogen-bond donors (Lipinski definition) is 1. The van der Waals surface area contributed by atoms with Crippen molar-refractivity contribution in [3.05, 3.63) is 29.8 Å². The molecule has 1 aromatic rings. The van der Waals surface area contributed by atoms with Crippen LogP contribution in [0.25, 0.3) is 0 Å². The Morgan fingerprint density at radius 3 is 2.62 bits per heavy atom. The molecule has 6 nitrogen and oxygen atoms in total. The SMILES string of the molecule is CCNC(=NCCC(C)c1ccc(OC)cc1)N1CCC(N2CCOCC2)C1.I. The van der Waals surface area contributed by atoms with Crippen LogP contribution in [0.5, 0.6) is 5.75 Å². The predicted octanol–water partition coefficient (Wildman–Crippen LogP) is 3.18. The van der Waals surface area contributed by atoms with E-state index in [1.165, 1.54) is 12.0 Å². The van der Waals surface area contributed by atoms with Gasteiger partial charge in [0.1, 0.15) is 5.75 Å². The fourth-order valence-electron chi connectivity index (χ4n) is 4.06. The lowest BCUT2D eigenvalue weighted by molar-refractivity contribution is 0.0195. The summed E-state index contributed by atoms with van der Waals surface area (Å²) in [5.74, 6) is 2.46. The van der Waals surface area contributed by atoms with Gasteiger partial charge in [0.15, 0.2) is 5.96 Å². The number of hydrogen-bond acceptors (Lipinski definition) is 4. The molecular formula is C22H37IN4O2. The fraction of sp³-hybridized carbons (Fsp3) is 0.682. The minimum absolute atomic E-state index is 0. The molecule has 0 bridgehead atoms. The maximum absolute atomic E-state index is 5.50. The van der Waals surface area contributed by atoms with Crippen LogP contribution in [0, 0.1) is 0 Å². The van der Waals surface area contributed by atoms with Crippen LogP contribution in [-0.2, 0) is 4.74 Å². The van der Waals surface area contributed by atoms with E-state index in [0.29, 0.717) is 12.0 Å². The van der Waals surface area contributed by atoms with Gasteiger partial charge >= 0.3 is 0 Å². The molecule has 0 radical (unpaired) electrons. The van der Waals surface area contributed by atoms with Gasteiger partial charge in [-0.25, -0.2) is 0 Å². The Hall–Kier alpha value is -1.06. The number of likely N-dealkylation sites (tertiary alicyclic amines) is 1. The highest BCUT2D eigenvalue weighted by Gasteiger charge is 2.30. The molecule has 2 heterocycles. The van der Waals surface area contributed by atoms with Gasteiger partial charge in [-0.2, -0.15) is 0 Å². The molecule has 29 heavy (non-hydrogen) atoms. The van der Waals surface area contributed by atoms with Gasteiger partial charge in [0.25, 0.3) is 0 Å². The highest BCUT2D eigenvalue weighted by atomic mass is 127. The summed E-state index contributed by atoms with van der Waals surface area (Å²) in [6.45, 7) is 12.2. The molecule has 164 valence electrons. The Balaban J connectivity index is 0.00000300. The minimum Gasteiger partial charge on any atom is -0.497 e. The lowest BCUT2D eigenvalue weighted by Gasteiger charge is -2.32.